The third kappa shape index (κ3) is 6.16. The van der Waals surface area contributed by atoms with E-state index in [0.717, 1.165) is 11.1 Å². The molecule has 9 heteroatoms. The quantitative estimate of drug-likeness (QED) is 0.665. The van der Waals surface area contributed by atoms with Crippen molar-refractivity contribution in [3.05, 3.63) is 58.1 Å². The zero-order valence-electron chi connectivity index (χ0n) is 17.4. The zero-order chi connectivity index (χ0) is 22.4. The van der Waals surface area contributed by atoms with Gasteiger partial charge in [-0.25, -0.2) is 0 Å². The van der Waals surface area contributed by atoms with Gasteiger partial charge in [0.2, 0.25) is 0 Å². The molecule has 31 heavy (non-hydrogen) atoms. The molecule has 0 unspecified atom stereocenters. The van der Waals surface area contributed by atoms with E-state index < -0.39 is 5.91 Å². The Hall–Kier alpha value is -2.68. The molecule has 2 N–H and O–H groups in total. The van der Waals surface area contributed by atoms with Crippen molar-refractivity contribution >= 4 is 46.4 Å². The first kappa shape index (κ1) is 23.0. The highest BCUT2D eigenvalue weighted by molar-refractivity contribution is 7.80. The summed E-state index contributed by atoms with van der Waals surface area (Å²) in [5.74, 6) is 0.126. The van der Waals surface area contributed by atoms with Crippen LogP contribution in [0.5, 0.6) is 5.75 Å². The molecule has 0 atom stereocenters. The molecule has 2 amide bonds. The molecule has 3 rings (SSSR count). The number of amides is 2. The molecule has 1 saturated heterocycles. The summed E-state index contributed by atoms with van der Waals surface area (Å²) in [6, 6.07) is 10.5. The fourth-order valence-corrected chi connectivity index (χ4v) is 3.43. The number of hydrogen-bond donors (Lipinski definition) is 2. The van der Waals surface area contributed by atoms with Gasteiger partial charge in [-0.1, -0.05) is 23.7 Å². The number of halogens is 1. The van der Waals surface area contributed by atoms with Gasteiger partial charge in [0.25, 0.3) is 11.8 Å². The number of nitrogens with zero attached hydrogens (tertiary/aromatic N) is 1. The van der Waals surface area contributed by atoms with Gasteiger partial charge in [0.05, 0.1) is 23.9 Å². The minimum Gasteiger partial charge on any atom is -0.483 e. The molecule has 1 aliphatic heterocycles. The first-order chi connectivity index (χ1) is 14.8. The van der Waals surface area contributed by atoms with Crippen LogP contribution in [0.4, 0.5) is 5.69 Å². The summed E-state index contributed by atoms with van der Waals surface area (Å²) >= 11 is 11.5. The molecule has 0 aliphatic carbocycles. The lowest BCUT2D eigenvalue weighted by molar-refractivity contribution is -0.121. The number of rotatable bonds is 5. The summed E-state index contributed by atoms with van der Waals surface area (Å²) in [7, 11) is 0. The van der Waals surface area contributed by atoms with E-state index in [9.17, 15) is 9.59 Å². The number of nitrogens with one attached hydrogen (secondary N) is 2. The van der Waals surface area contributed by atoms with Crippen molar-refractivity contribution < 1.29 is 19.1 Å². The molecular formula is C22H24ClN3O4S. The molecule has 0 saturated carbocycles. The van der Waals surface area contributed by atoms with E-state index in [4.69, 9.17) is 33.3 Å². The largest absolute Gasteiger partial charge is 0.483 e. The number of hydrogen-bond acceptors (Lipinski definition) is 5. The molecular weight excluding hydrogens is 438 g/mol. The Morgan fingerprint density at radius 2 is 1.94 bits per heavy atom. The van der Waals surface area contributed by atoms with E-state index in [-0.39, 0.29) is 17.6 Å². The Morgan fingerprint density at radius 1 is 1.19 bits per heavy atom. The summed E-state index contributed by atoms with van der Waals surface area (Å²) in [5.41, 5.74) is 2.96. The first-order valence-corrected chi connectivity index (χ1v) is 10.6. The molecule has 0 spiro atoms. The van der Waals surface area contributed by atoms with Gasteiger partial charge in [-0.2, -0.15) is 0 Å². The predicted octanol–water partition coefficient (Wildman–Crippen LogP) is 3.32. The number of benzene rings is 2. The van der Waals surface area contributed by atoms with E-state index in [2.05, 4.69) is 10.6 Å². The number of carbonyl (C=O) groups excluding carboxylic acids is 2. The van der Waals surface area contributed by atoms with Crippen LogP contribution in [0.25, 0.3) is 0 Å². The molecule has 0 radical (unpaired) electrons. The van der Waals surface area contributed by atoms with E-state index in [1.165, 1.54) is 0 Å². The van der Waals surface area contributed by atoms with Crippen LogP contribution in [0.15, 0.2) is 36.4 Å². The predicted molar refractivity (Wildman–Crippen MR) is 124 cm³/mol. The third-order valence-corrected chi connectivity index (χ3v) is 5.46. The summed E-state index contributed by atoms with van der Waals surface area (Å²) in [6.45, 7) is 5.84. The van der Waals surface area contributed by atoms with Gasteiger partial charge < -0.3 is 19.7 Å². The molecule has 1 heterocycles. The van der Waals surface area contributed by atoms with Crippen molar-refractivity contribution in [3.8, 4) is 5.75 Å². The standard InChI is InChI=1S/C22H24ClN3O4S/c1-14-4-3-5-19(15(14)2)30-13-20(27)25-22(31)24-18-12-16(6-7-17(18)23)21(28)26-8-10-29-11-9-26/h3-7,12H,8-11,13H2,1-2H3,(H2,24,25,27,31). The van der Waals surface area contributed by atoms with Gasteiger partial charge >= 0.3 is 0 Å². The number of morpholine rings is 1. The maximum Gasteiger partial charge on any atom is 0.264 e. The Labute approximate surface area is 191 Å². The smallest absolute Gasteiger partial charge is 0.264 e. The Kier molecular flexibility index (Phi) is 7.84. The van der Waals surface area contributed by atoms with Gasteiger partial charge in [0.15, 0.2) is 11.7 Å². The summed E-state index contributed by atoms with van der Waals surface area (Å²) in [5, 5.41) is 5.87. The minimum absolute atomic E-state index is 0.0624. The molecule has 1 fully saturated rings. The summed E-state index contributed by atoms with van der Waals surface area (Å²) < 4.78 is 10.9. The molecule has 1 aliphatic rings. The van der Waals surface area contributed by atoms with Gasteiger partial charge in [0.1, 0.15) is 5.75 Å². The van der Waals surface area contributed by atoms with Crippen LogP contribution in [0.1, 0.15) is 21.5 Å². The average Bonchev–Trinajstić information content (AvgIpc) is 2.76. The van der Waals surface area contributed by atoms with Crippen molar-refractivity contribution in [1.82, 2.24) is 10.2 Å². The maximum atomic E-state index is 12.7. The number of ether oxygens (including phenoxy) is 2. The number of carbonyl (C=O) groups is 2. The average molecular weight is 462 g/mol. The zero-order valence-corrected chi connectivity index (χ0v) is 18.9. The number of aryl methyl sites for hydroxylation is 1. The van der Waals surface area contributed by atoms with Crippen LogP contribution >= 0.6 is 23.8 Å². The van der Waals surface area contributed by atoms with E-state index in [1.54, 1.807) is 23.1 Å². The second-order valence-electron chi connectivity index (χ2n) is 7.09. The Bertz CT molecular complexity index is 993. The van der Waals surface area contributed by atoms with Gasteiger partial charge in [-0.15, -0.1) is 0 Å². The lowest BCUT2D eigenvalue weighted by Crippen LogP contribution is -2.40. The van der Waals surface area contributed by atoms with Gasteiger partial charge in [-0.3, -0.25) is 14.9 Å². The second-order valence-corrected chi connectivity index (χ2v) is 7.90. The third-order valence-electron chi connectivity index (χ3n) is 4.93. The summed E-state index contributed by atoms with van der Waals surface area (Å²) in [6.07, 6.45) is 0. The molecule has 0 bridgehead atoms. The van der Waals surface area contributed by atoms with Gasteiger partial charge in [-0.05, 0) is 61.5 Å². The first-order valence-electron chi connectivity index (χ1n) is 9.81. The lowest BCUT2D eigenvalue weighted by atomic mass is 10.1. The highest BCUT2D eigenvalue weighted by Crippen LogP contribution is 2.24. The fraction of sp³-hybridized carbons (Fsp3) is 0.318. The van der Waals surface area contributed by atoms with Crippen LogP contribution in [0, 0.1) is 13.8 Å². The van der Waals surface area contributed by atoms with Crippen molar-refractivity contribution in [2.45, 2.75) is 13.8 Å². The molecule has 2 aromatic carbocycles. The second kappa shape index (κ2) is 10.6. The topological polar surface area (TPSA) is 79.9 Å². The summed E-state index contributed by atoms with van der Waals surface area (Å²) in [4.78, 5) is 26.6. The number of thiocarbonyl (C=S) groups is 1. The van der Waals surface area contributed by atoms with Crippen LogP contribution in [0.2, 0.25) is 5.02 Å². The van der Waals surface area contributed by atoms with Crippen LogP contribution in [-0.4, -0.2) is 54.7 Å². The molecule has 7 nitrogen and oxygen atoms in total. The lowest BCUT2D eigenvalue weighted by Gasteiger charge is -2.27. The fourth-order valence-electron chi connectivity index (χ4n) is 3.04. The van der Waals surface area contributed by atoms with E-state index in [1.807, 2.05) is 32.0 Å². The van der Waals surface area contributed by atoms with E-state index in [0.29, 0.717) is 48.3 Å². The van der Waals surface area contributed by atoms with Crippen molar-refractivity contribution in [3.63, 3.8) is 0 Å². The highest BCUT2D eigenvalue weighted by Gasteiger charge is 2.19. The molecule has 2 aromatic rings. The Balaban J connectivity index is 1.57. The Morgan fingerprint density at radius 3 is 2.68 bits per heavy atom. The number of anilines is 1. The van der Waals surface area contributed by atoms with Crippen molar-refractivity contribution in [2.24, 2.45) is 0 Å². The van der Waals surface area contributed by atoms with Crippen LogP contribution < -0.4 is 15.4 Å². The van der Waals surface area contributed by atoms with Crippen LogP contribution in [0.3, 0.4) is 0 Å². The normalized spacial score (nSPS) is 13.5. The monoisotopic (exact) mass is 461 g/mol. The van der Waals surface area contributed by atoms with Gasteiger partial charge in [0, 0.05) is 18.7 Å². The molecule has 0 aromatic heterocycles. The van der Waals surface area contributed by atoms with Crippen molar-refractivity contribution in [2.75, 3.05) is 38.2 Å². The maximum absolute atomic E-state index is 12.7. The highest BCUT2D eigenvalue weighted by atomic mass is 35.5. The van der Waals surface area contributed by atoms with Crippen molar-refractivity contribution in [1.29, 1.82) is 0 Å². The minimum atomic E-state index is -0.407. The molecule has 164 valence electrons. The SMILES string of the molecule is Cc1cccc(OCC(=O)NC(=S)Nc2cc(C(=O)N3CCOCC3)ccc2Cl)c1C. The van der Waals surface area contributed by atoms with Crippen LogP contribution in [-0.2, 0) is 9.53 Å². The van der Waals surface area contributed by atoms with E-state index >= 15 is 0 Å².